The van der Waals surface area contributed by atoms with Gasteiger partial charge in [-0.3, -0.25) is 4.79 Å². The maximum atomic E-state index is 12.4. The molecule has 7 nitrogen and oxygen atoms in total. The van der Waals surface area contributed by atoms with E-state index in [1.54, 1.807) is 6.07 Å². The molecular weight excluding hydrogens is 411 g/mol. The third-order valence-electron chi connectivity index (χ3n) is 4.10. The Kier molecular flexibility index (Phi) is 6.93. The van der Waals surface area contributed by atoms with Crippen molar-refractivity contribution in [2.75, 3.05) is 36.4 Å². The van der Waals surface area contributed by atoms with Crippen molar-refractivity contribution in [3.63, 3.8) is 0 Å². The lowest BCUT2D eigenvalue weighted by molar-refractivity contribution is 0.0950. The Labute approximate surface area is 172 Å². The van der Waals surface area contributed by atoms with E-state index in [0.717, 1.165) is 25.9 Å². The van der Waals surface area contributed by atoms with Crippen LogP contribution < -0.4 is 15.5 Å². The average Bonchev–Trinajstić information content (AvgIpc) is 2.67. The van der Waals surface area contributed by atoms with E-state index >= 15 is 0 Å². The number of hydrogen-bond acceptors (Lipinski definition) is 6. The molecule has 1 aliphatic rings. The maximum absolute atomic E-state index is 12.4. The minimum absolute atomic E-state index is 0.176. The Hall–Kier alpha value is -1.83. The standard InChI is InChI=1S/C17H19Cl3N6O/c18-11-8-12(19)15(23-9-11)21-4-5-22-16(27)14-13(20)10-24-17(25-14)26-6-2-1-3-7-26/h8-10H,1-7H2,(H,21,23)(H,22,27). The van der Waals surface area contributed by atoms with Crippen LogP contribution in [0, 0.1) is 0 Å². The fourth-order valence-corrected chi connectivity index (χ4v) is 3.37. The quantitative estimate of drug-likeness (QED) is 0.682. The van der Waals surface area contributed by atoms with Gasteiger partial charge in [-0.15, -0.1) is 0 Å². The summed E-state index contributed by atoms with van der Waals surface area (Å²) in [4.78, 5) is 27.2. The second-order valence-corrected chi connectivity index (χ2v) is 7.33. The van der Waals surface area contributed by atoms with E-state index in [-0.39, 0.29) is 16.6 Å². The molecule has 0 spiro atoms. The highest BCUT2D eigenvalue weighted by molar-refractivity contribution is 6.36. The van der Waals surface area contributed by atoms with Crippen LogP contribution in [0.1, 0.15) is 29.8 Å². The van der Waals surface area contributed by atoms with Gasteiger partial charge in [0.2, 0.25) is 5.95 Å². The van der Waals surface area contributed by atoms with Crippen molar-refractivity contribution in [1.82, 2.24) is 20.3 Å². The summed E-state index contributed by atoms with van der Waals surface area (Å²) in [7, 11) is 0. The van der Waals surface area contributed by atoms with Crippen LogP contribution in [0.25, 0.3) is 0 Å². The molecule has 1 saturated heterocycles. The lowest BCUT2D eigenvalue weighted by Crippen LogP contribution is -2.33. The number of aromatic nitrogens is 3. The summed E-state index contributed by atoms with van der Waals surface area (Å²) < 4.78 is 0. The summed E-state index contributed by atoms with van der Waals surface area (Å²) in [6, 6.07) is 1.60. The van der Waals surface area contributed by atoms with Gasteiger partial charge in [0.1, 0.15) is 5.82 Å². The summed E-state index contributed by atoms with van der Waals surface area (Å²) in [6.45, 7) is 2.56. The van der Waals surface area contributed by atoms with Crippen molar-refractivity contribution >= 4 is 52.5 Å². The molecule has 0 atom stereocenters. The van der Waals surface area contributed by atoms with Crippen LogP contribution in [0.15, 0.2) is 18.5 Å². The largest absolute Gasteiger partial charge is 0.367 e. The van der Waals surface area contributed by atoms with Crippen molar-refractivity contribution in [2.24, 2.45) is 0 Å². The zero-order valence-electron chi connectivity index (χ0n) is 14.5. The van der Waals surface area contributed by atoms with Crippen LogP contribution >= 0.6 is 34.8 Å². The average molecular weight is 430 g/mol. The highest BCUT2D eigenvalue weighted by Crippen LogP contribution is 2.22. The Morgan fingerprint density at radius 1 is 1.04 bits per heavy atom. The first-order valence-electron chi connectivity index (χ1n) is 8.65. The Morgan fingerprint density at radius 2 is 1.81 bits per heavy atom. The summed E-state index contributed by atoms with van der Waals surface area (Å²) in [6.07, 6.45) is 6.37. The number of hydrogen-bond donors (Lipinski definition) is 2. The summed E-state index contributed by atoms with van der Waals surface area (Å²) in [5, 5.41) is 6.91. The van der Waals surface area contributed by atoms with Gasteiger partial charge in [0.15, 0.2) is 5.69 Å². The molecule has 144 valence electrons. The van der Waals surface area contributed by atoms with E-state index in [0.29, 0.717) is 34.9 Å². The van der Waals surface area contributed by atoms with Crippen LogP contribution in [0.5, 0.6) is 0 Å². The number of piperidine rings is 1. The summed E-state index contributed by atoms with van der Waals surface area (Å²) in [5.41, 5.74) is 0.176. The van der Waals surface area contributed by atoms with Crippen molar-refractivity contribution in [2.45, 2.75) is 19.3 Å². The molecule has 2 N–H and O–H groups in total. The second-order valence-electron chi connectivity index (χ2n) is 6.08. The third-order valence-corrected chi connectivity index (χ3v) is 4.87. The monoisotopic (exact) mass is 428 g/mol. The van der Waals surface area contributed by atoms with Crippen molar-refractivity contribution in [1.29, 1.82) is 0 Å². The Morgan fingerprint density at radius 3 is 2.56 bits per heavy atom. The third kappa shape index (κ3) is 5.34. The lowest BCUT2D eigenvalue weighted by Gasteiger charge is -2.26. The minimum Gasteiger partial charge on any atom is -0.367 e. The zero-order chi connectivity index (χ0) is 19.2. The van der Waals surface area contributed by atoms with Crippen LogP contribution in [0.3, 0.4) is 0 Å². The molecule has 3 rings (SSSR count). The number of rotatable bonds is 6. The number of nitrogens with one attached hydrogen (secondary N) is 2. The predicted molar refractivity (Wildman–Crippen MR) is 108 cm³/mol. The smallest absolute Gasteiger partial charge is 0.271 e. The molecule has 10 heteroatoms. The highest BCUT2D eigenvalue weighted by atomic mass is 35.5. The predicted octanol–water partition coefficient (Wildman–Crippen LogP) is 3.66. The molecule has 0 bridgehead atoms. The number of carbonyl (C=O) groups is 1. The van der Waals surface area contributed by atoms with E-state index in [1.165, 1.54) is 18.8 Å². The van der Waals surface area contributed by atoms with Gasteiger partial charge in [-0.2, -0.15) is 0 Å². The summed E-state index contributed by atoms with van der Waals surface area (Å²) in [5.74, 6) is 0.694. The SMILES string of the molecule is O=C(NCCNc1ncc(Cl)cc1Cl)c1nc(N2CCCCC2)ncc1Cl. The van der Waals surface area contributed by atoms with Gasteiger partial charge in [0.05, 0.1) is 21.3 Å². The minimum atomic E-state index is -0.349. The normalized spacial score (nSPS) is 14.1. The number of carbonyl (C=O) groups excluding carboxylic acids is 1. The van der Waals surface area contributed by atoms with Gasteiger partial charge in [-0.1, -0.05) is 34.8 Å². The maximum Gasteiger partial charge on any atom is 0.271 e. The molecule has 1 aliphatic heterocycles. The molecule has 0 unspecified atom stereocenters. The van der Waals surface area contributed by atoms with E-state index in [4.69, 9.17) is 34.8 Å². The van der Waals surface area contributed by atoms with E-state index in [1.807, 2.05) is 0 Å². The van der Waals surface area contributed by atoms with Crippen LogP contribution in [0.2, 0.25) is 15.1 Å². The van der Waals surface area contributed by atoms with Crippen LogP contribution in [-0.2, 0) is 0 Å². The summed E-state index contributed by atoms with van der Waals surface area (Å²) >= 11 is 18.0. The number of halogens is 3. The van der Waals surface area contributed by atoms with Crippen molar-refractivity contribution < 1.29 is 4.79 Å². The van der Waals surface area contributed by atoms with Gasteiger partial charge in [0.25, 0.3) is 5.91 Å². The molecule has 1 fully saturated rings. The molecule has 2 aromatic heterocycles. The fourth-order valence-electron chi connectivity index (χ4n) is 2.75. The van der Waals surface area contributed by atoms with Gasteiger partial charge >= 0.3 is 0 Å². The molecular formula is C17H19Cl3N6O. The molecule has 0 aromatic carbocycles. The molecule has 3 heterocycles. The van der Waals surface area contributed by atoms with Crippen LogP contribution in [0.4, 0.5) is 11.8 Å². The van der Waals surface area contributed by atoms with E-state index < -0.39 is 0 Å². The number of nitrogens with zero attached hydrogens (tertiary/aromatic N) is 4. The first kappa shape index (κ1) is 19.9. The van der Waals surface area contributed by atoms with Crippen LogP contribution in [-0.4, -0.2) is 47.0 Å². The van der Waals surface area contributed by atoms with E-state index in [9.17, 15) is 4.79 Å². The zero-order valence-corrected chi connectivity index (χ0v) is 16.8. The van der Waals surface area contributed by atoms with Gasteiger partial charge < -0.3 is 15.5 Å². The molecule has 2 aromatic rings. The Bertz CT molecular complexity index is 813. The van der Waals surface area contributed by atoms with Crippen molar-refractivity contribution in [3.8, 4) is 0 Å². The second kappa shape index (κ2) is 9.39. The topological polar surface area (TPSA) is 83.0 Å². The first-order valence-corrected chi connectivity index (χ1v) is 9.78. The number of pyridine rings is 1. The molecule has 0 radical (unpaired) electrons. The van der Waals surface area contributed by atoms with Gasteiger partial charge in [-0.25, -0.2) is 15.0 Å². The van der Waals surface area contributed by atoms with E-state index in [2.05, 4.69) is 30.5 Å². The Balaban J connectivity index is 1.55. The lowest BCUT2D eigenvalue weighted by atomic mass is 10.1. The molecule has 0 saturated carbocycles. The highest BCUT2D eigenvalue weighted by Gasteiger charge is 2.18. The number of anilines is 2. The fraction of sp³-hybridized carbons (Fsp3) is 0.412. The van der Waals surface area contributed by atoms with Gasteiger partial charge in [0, 0.05) is 32.4 Å². The number of amides is 1. The molecule has 1 amide bonds. The van der Waals surface area contributed by atoms with Crippen molar-refractivity contribution in [3.05, 3.63) is 39.2 Å². The van der Waals surface area contributed by atoms with Gasteiger partial charge in [-0.05, 0) is 25.3 Å². The molecule has 27 heavy (non-hydrogen) atoms. The molecule has 0 aliphatic carbocycles. The first-order chi connectivity index (χ1) is 13.0.